The van der Waals surface area contributed by atoms with E-state index in [1.165, 1.54) is 21.8 Å². The summed E-state index contributed by atoms with van der Waals surface area (Å²) in [4.78, 5) is 11.3. The summed E-state index contributed by atoms with van der Waals surface area (Å²) >= 11 is 0. The molecule has 0 atom stereocenters. The minimum absolute atomic E-state index is 0.787. The fourth-order valence-electron chi connectivity index (χ4n) is 3.47. The highest BCUT2D eigenvalue weighted by Gasteiger charge is 2.13. The van der Waals surface area contributed by atoms with Crippen LogP contribution in [0.3, 0.4) is 0 Å². The van der Waals surface area contributed by atoms with Crippen LogP contribution in [0, 0.1) is 13.8 Å². The van der Waals surface area contributed by atoms with Gasteiger partial charge in [-0.15, -0.1) is 0 Å². The van der Waals surface area contributed by atoms with Crippen molar-refractivity contribution in [3.8, 4) is 5.69 Å². The van der Waals surface area contributed by atoms with Gasteiger partial charge in [-0.2, -0.15) is 0 Å². The molecule has 2 nitrogen and oxygen atoms in total. The van der Waals surface area contributed by atoms with Crippen molar-refractivity contribution in [1.82, 2.24) is 4.57 Å². The maximum Gasteiger partial charge on any atom is 0.150 e. The fourth-order valence-corrected chi connectivity index (χ4v) is 3.47. The molecule has 0 aliphatic heterocycles. The molecule has 3 aromatic carbocycles. The molecule has 0 aliphatic carbocycles. The van der Waals surface area contributed by atoms with Crippen molar-refractivity contribution >= 4 is 28.1 Å². The third-order valence-electron chi connectivity index (χ3n) is 4.53. The molecule has 2 heteroatoms. The van der Waals surface area contributed by atoms with E-state index < -0.39 is 0 Å². The summed E-state index contributed by atoms with van der Waals surface area (Å²) < 4.78 is 2.28. The molecule has 0 saturated heterocycles. The molecule has 0 spiro atoms. The van der Waals surface area contributed by atoms with Crippen LogP contribution in [-0.2, 0) is 0 Å². The number of para-hydroxylation sites is 2. The third kappa shape index (κ3) is 1.99. The van der Waals surface area contributed by atoms with E-state index in [-0.39, 0.29) is 0 Å². The Morgan fingerprint density at radius 1 is 0.783 bits per heavy atom. The first-order valence-electron chi connectivity index (χ1n) is 7.75. The largest absolute Gasteiger partial charge is 0.309 e. The van der Waals surface area contributed by atoms with E-state index in [0.717, 1.165) is 28.7 Å². The molecule has 0 fully saturated rings. The summed E-state index contributed by atoms with van der Waals surface area (Å²) in [5, 5.41) is 2.50. The molecule has 1 heterocycles. The normalized spacial score (nSPS) is 11.2. The van der Waals surface area contributed by atoms with Gasteiger partial charge in [0.1, 0.15) is 0 Å². The lowest BCUT2D eigenvalue weighted by Gasteiger charge is -2.12. The SMILES string of the molecule is Cc1cc(-n2c3ccccc3c3ccccc32)cc(C)c1C=O. The van der Waals surface area contributed by atoms with Crippen molar-refractivity contribution in [3.63, 3.8) is 0 Å². The van der Waals surface area contributed by atoms with Gasteiger partial charge < -0.3 is 4.57 Å². The zero-order chi connectivity index (χ0) is 16.0. The zero-order valence-corrected chi connectivity index (χ0v) is 13.2. The summed E-state index contributed by atoms with van der Waals surface area (Å²) in [5.41, 5.74) is 6.28. The highest BCUT2D eigenvalue weighted by molar-refractivity contribution is 6.09. The number of aromatic nitrogens is 1. The van der Waals surface area contributed by atoms with Crippen LogP contribution in [0.1, 0.15) is 21.5 Å². The first-order chi connectivity index (χ1) is 11.2. The number of benzene rings is 3. The Kier molecular flexibility index (Phi) is 3.05. The van der Waals surface area contributed by atoms with Crippen molar-refractivity contribution in [2.24, 2.45) is 0 Å². The number of aldehydes is 1. The van der Waals surface area contributed by atoms with Crippen LogP contribution in [0.4, 0.5) is 0 Å². The maximum absolute atomic E-state index is 11.3. The van der Waals surface area contributed by atoms with Crippen molar-refractivity contribution < 1.29 is 4.79 Å². The second kappa shape index (κ2) is 5.10. The predicted octanol–water partition coefficient (Wildman–Crippen LogP) is 5.21. The highest BCUT2D eigenvalue weighted by Crippen LogP contribution is 2.32. The van der Waals surface area contributed by atoms with Gasteiger partial charge in [-0.3, -0.25) is 4.79 Å². The van der Waals surface area contributed by atoms with Crippen LogP contribution in [0.15, 0.2) is 60.7 Å². The molecule has 0 saturated carbocycles. The summed E-state index contributed by atoms with van der Waals surface area (Å²) in [5.74, 6) is 0. The standard InChI is InChI=1S/C21H17NO/c1-14-11-16(12-15(2)19(14)13-23)22-20-9-5-3-7-17(20)18-8-4-6-10-21(18)22/h3-13H,1-2H3. The number of carbonyl (C=O) groups excluding carboxylic acids is 1. The Morgan fingerprint density at radius 3 is 1.74 bits per heavy atom. The van der Waals surface area contributed by atoms with Gasteiger partial charge in [0.05, 0.1) is 11.0 Å². The monoisotopic (exact) mass is 299 g/mol. The molecule has 1 aromatic heterocycles. The number of nitrogens with zero attached hydrogens (tertiary/aromatic N) is 1. The summed E-state index contributed by atoms with van der Waals surface area (Å²) in [6.07, 6.45) is 0.945. The molecule has 23 heavy (non-hydrogen) atoms. The lowest BCUT2D eigenvalue weighted by molar-refractivity contribution is 0.112. The van der Waals surface area contributed by atoms with Gasteiger partial charge in [0.25, 0.3) is 0 Å². The van der Waals surface area contributed by atoms with Crippen LogP contribution >= 0.6 is 0 Å². The van der Waals surface area contributed by atoms with Crippen LogP contribution in [0.2, 0.25) is 0 Å². The first kappa shape index (κ1) is 13.8. The summed E-state index contributed by atoms with van der Waals surface area (Å²) in [6, 6.07) is 21.1. The molecule has 0 unspecified atom stereocenters. The molecule has 0 bridgehead atoms. The Morgan fingerprint density at radius 2 is 1.26 bits per heavy atom. The van der Waals surface area contributed by atoms with Crippen LogP contribution in [-0.4, -0.2) is 10.9 Å². The molecular formula is C21H17NO. The molecule has 0 amide bonds. The van der Waals surface area contributed by atoms with Gasteiger partial charge in [-0.05, 0) is 49.2 Å². The highest BCUT2D eigenvalue weighted by atomic mass is 16.1. The molecular weight excluding hydrogens is 282 g/mol. The predicted molar refractivity (Wildman–Crippen MR) is 95.6 cm³/mol. The Balaban J connectivity index is 2.14. The topological polar surface area (TPSA) is 22.0 Å². The smallest absolute Gasteiger partial charge is 0.150 e. The first-order valence-corrected chi connectivity index (χ1v) is 7.75. The average molecular weight is 299 g/mol. The molecule has 4 rings (SSSR count). The van der Waals surface area contributed by atoms with Crippen LogP contribution in [0.5, 0.6) is 0 Å². The van der Waals surface area contributed by atoms with E-state index in [0.29, 0.717) is 0 Å². The summed E-state index contributed by atoms with van der Waals surface area (Å²) in [6.45, 7) is 3.99. The minimum atomic E-state index is 0.787. The number of carbonyl (C=O) groups is 1. The minimum Gasteiger partial charge on any atom is -0.309 e. The number of rotatable bonds is 2. The fraction of sp³-hybridized carbons (Fsp3) is 0.0952. The average Bonchev–Trinajstić information content (AvgIpc) is 2.89. The molecule has 0 radical (unpaired) electrons. The number of aryl methyl sites for hydroxylation is 2. The van der Waals surface area contributed by atoms with E-state index in [2.05, 4.69) is 65.2 Å². The van der Waals surface area contributed by atoms with Crippen molar-refractivity contribution in [2.75, 3.05) is 0 Å². The molecule has 0 aliphatic rings. The Bertz CT molecular complexity index is 980. The van der Waals surface area contributed by atoms with E-state index in [4.69, 9.17) is 0 Å². The van der Waals surface area contributed by atoms with Crippen molar-refractivity contribution in [3.05, 3.63) is 77.4 Å². The lowest BCUT2D eigenvalue weighted by Crippen LogP contribution is -1.99. The van der Waals surface area contributed by atoms with Gasteiger partial charge in [0.15, 0.2) is 6.29 Å². The lowest BCUT2D eigenvalue weighted by atomic mass is 10.0. The van der Waals surface area contributed by atoms with E-state index in [1.807, 2.05) is 13.8 Å². The summed E-state index contributed by atoms with van der Waals surface area (Å²) in [7, 11) is 0. The second-order valence-corrected chi connectivity index (χ2v) is 5.98. The Labute approximate surface area is 135 Å². The molecule has 0 N–H and O–H groups in total. The van der Waals surface area contributed by atoms with Crippen LogP contribution < -0.4 is 0 Å². The third-order valence-corrected chi connectivity index (χ3v) is 4.53. The quantitative estimate of drug-likeness (QED) is 0.465. The van der Waals surface area contributed by atoms with Gasteiger partial charge in [-0.1, -0.05) is 36.4 Å². The van der Waals surface area contributed by atoms with E-state index in [1.54, 1.807) is 0 Å². The maximum atomic E-state index is 11.3. The van der Waals surface area contributed by atoms with Crippen molar-refractivity contribution in [2.45, 2.75) is 13.8 Å². The van der Waals surface area contributed by atoms with Gasteiger partial charge >= 0.3 is 0 Å². The molecule has 4 aromatic rings. The van der Waals surface area contributed by atoms with Gasteiger partial charge in [0.2, 0.25) is 0 Å². The zero-order valence-electron chi connectivity index (χ0n) is 13.2. The van der Waals surface area contributed by atoms with E-state index >= 15 is 0 Å². The van der Waals surface area contributed by atoms with Gasteiger partial charge in [-0.25, -0.2) is 0 Å². The van der Waals surface area contributed by atoms with Crippen LogP contribution in [0.25, 0.3) is 27.5 Å². The Hall–Kier alpha value is -2.87. The number of hydrogen-bond donors (Lipinski definition) is 0. The number of hydrogen-bond acceptors (Lipinski definition) is 1. The second-order valence-electron chi connectivity index (χ2n) is 5.98. The molecule has 112 valence electrons. The van der Waals surface area contributed by atoms with E-state index in [9.17, 15) is 4.79 Å². The van der Waals surface area contributed by atoms with Crippen molar-refractivity contribution in [1.29, 1.82) is 0 Å². The number of fused-ring (bicyclic) bond motifs is 3. The van der Waals surface area contributed by atoms with Gasteiger partial charge in [0, 0.05) is 22.0 Å².